The first-order chi connectivity index (χ1) is 8.42. The highest BCUT2D eigenvalue weighted by atomic mass is 16.6. The Labute approximate surface area is 103 Å². The Bertz CT molecular complexity index is 488. The van der Waals surface area contributed by atoms with Gasteiger partial charge in [-0.15, -0.1) is 0 Å². The monoisotopic (exact) mass is 251 g/mol. The van der Waals surface area contributed by atoms with Crippen molar-refractivity contribution in [1.82, 2.24) is 0 Å². The van der Waals surface area contributed by atoms with Crippen molar-refractivity contribution >= 4 is 17.3 Å². The number of aliphatic carboxylic acids is 1. The maximum absolute atomic E-state index is 11.0. The van der Waals surface area contributed by atoms with Gasteiger partial charge in [-0.25, -0.2) is 0 Å². The summed E-state index contributed by atoms with van der Waals surface area (Å²) in [6.45, 7) is 0.737. The second-order valence-electron chi connectivity index (χ2n) is 4.41. The minimum atomic E-state index is -1.23. The number of carboxylic acids is 1. The lowest BCUT2D eigenvalue weighted by Gasteiger charge is -2.21. The van der Waals surface area contributed by atoms with Crippen molar-refractivity contribution in [3.8, 4) is 0 Å². The van der Waals surface area contributed by atoms with Crippen molar-refractivity contribution in [3.63, 3.8) is 0 Å². The smallest absolute Gasteiger partial charge is 0.325 e. The van der Waals surface area contributed by atoms with Crippen LogP contribution in [-0.4, -0.2) is 34.6 Å². The molecule has 3 N–H and O–H groups in total. The number of hydrogen-bond acceptors (Lipinski definition) is 5. The van der Waals surface area contributed by atoms with Crippen molar-refractivity contribution in [2.24, 2.45) is 5.73 Å². The molecule has 7 heteroatoms. The summed E-state index contributed by atoms with van der Waals surface area (Å²) in [4.78, 5) is 22.9. The standard InChI is InChI=1S/C11H13N3O4/c12-11(10(15)16)5-6-13(7-11)8-1-3-9(4-2-8)14(17)18/h1-4H,5-7,12H2,(H,15,16). The average Bonchev–Trinajstić information content (AvgIpc) is 2.73. The number of rotatable bonds is 3. The minimum Gasteiger partial charge on any atom is -0.480 e. The summed E-state index contributed by atoms with van der Waals surface area (Å²) in [5.74, 6) is -1.02. The molecule has 1 fully saturated rings. The maximum Gasteiger partial charge on any atom is 0.325 e. The van der Waals surface area contributed by atoms with Gasteiger partial charge in [0.2, 0.25) is 0 Å². The molecular weight excluding hydrogens is 238 g/mol. The molecular formula is C11H13N3O4. The van der Waals surface area contributed by atoms with Crippen LogP contribution >= 0.6 is 0 Å². The van der Waals surface area contributed by atoms with Gasteiger partial charge in [0, 0.05) is 30.9 Å². The molecule has 1 saturated heterocycles. The number of hydrogen-bond donors (Lipinski definition) is 2. The van der Waals surface area contributed by atoms with Crippen LogP contribution in [0.2, 0.25) is 0 Å². The number of anilines is 1. The molecule has 1 aliphatic rings. The Morgan fingerprint density at radius 2 is 2.06 bits per heavy atom. The molecule has 18 heavy (non-hydrogen) atoms. The summed E-state index contributed by atoms with van der Waals surface area (Å²) in [7, 11) is 0. The normalized spacial score (nSPS) is 23.1. The van der Waals surface area contributed by atoms with Gasteiger partial charge in [0.25, 0.3) is 5.69 Å². The van der Waals surface area contributed by atoms with E-state index < -0.39 is 16.4 Å². The van der Waals surface area contributed by atoms with Gasteiger partial charge in [0.05, 0.1) is 4.92 Å². The Morgan fingerprint density at radius 3 is 2.50 bits per heavy atom. The largest absolute Gasteiger partial charge is 0.480 e. The van der Waals surface area contributed by atoms with E-state index in [-0.39, 0.29) is 12.2 Å². The molecule has 96 valence electrons. The van der Waals surface area contributed by atoms with Crippen LogP contribution in [0, 0.1) is 10.1 Å². The number of nitrogens with two attached hydrogens (primary N) is 1. The molecule has 0 bridgehead atoms. The maximum atomic E-state index is 11.0. The lowest BCUT2D eigenvalue weighted by Crippen LogP contribution is -2.50. The quantitative estimate of drug-likeness (QED) is 0.601. The average molecular weight is 251 g/mol. The third-order valence-corrected chi connectivity index (χ3v) is 3.15. The third kappa shape index (κ3) is 2.12. The first kappa shape index (κ1) is 12.3. The summed E-state index contributed by atoms with van der Waals surface area (Å²) in [5.41, 5.74) is 5.28. The molecule has 0 amide bonds. The summed E-state index contributed by atoms with van der Waals surface area (Å²) >= 11 is 0. The predicted octanol–water partition coefficient (Wildman–Crippen LogP) is 0.587. The first-order valence-corrected chi connectivity index (χ1v) is 5.44. The SMILES string of the molecule is NC1(C(=O)O)CCN(c2ccc([N+](=O)[O-])cc2)C1. The van der Waals surface area contributed by atoms with E-state index in [1.807, 2.05) is 4.90 Å². The van der Waals surface area contributed by atoms with Gasteiger partial charge >= 0.3 is 5.97 Å². The molecule has 0 saturated carbocycles. The lowest BCUT2D eigenvalue weighted by atomic mass is 10.0. The van der Waals surface area contributed by atoms with Crippen LogP contribution < -0.4 is 10.6 Å². The van der Waals surface area contributed by atoms with Crippen molar-refractivity contribution in [2.45, 2.75) is 12.0 Å². The number of nitro benzene ring substituents is 1. The van der Waals surface area contributed by atoms with Gasteiger partial charge in [0.15, 0.2) is 0 Å². The Morgan fingerprint density at radius 1 is 1.44 bits per heavy atom. The van der Waals surface area contributed by atoms with Gasteiger partial charge < -0.3 is 15.7 Å². The molecule has 1 aromatic rings. The van der Waals surface area contributed by atoms with E-state index in [1.165, 1.54) is 12.1 Å². The fraction of sp³-hybridized carbons (Fsp3) is 0.364. The van der Waals surface area contributed by atoms with Gasteiger partial charge in [-0.2, -0.15) is 0 Å². The fourth-order valence-electron chi connectivity index (χ4n) is 2.01. The van der Waals surface area contributed by atoms with Gasteiger partial charge in [-0.3, -0.25) is 14.9 Å². The van der Waals surface area contributed by atoms with E-state index in [0.29, 0.717) is 13.0 Å². The minimum absolute atomic E-state index is 0.00944. The van der Waals surface area contributed by atoms with Gasteiger partial charge in [-0.05, 0) is 18.6 Å². The second kappa shape index (κ2) is 4.26. The van der Waals surface area contributed by atoms with Crippen LogP contribution in [0.4, 0.5) is 11.4 Å². The van der Waals surface area contributed by atoms with E-state index in [9.17, 15) is 14.9 Å². The van der Waals surface area contributed by atoms with Crippen LogP contribution in [0.5, 0.6) is 0 Å². The Hall–Kier alpha value is -2.15. The number of nitrogens with zero attached hydrogens (tertiary/aromatic N) is 2. The zero-order chi connectivity index (χ0) is 13.3. The van der Waals surface area contributed by atoms with Gasteiger partial charge in [-0.1, -0.05) is 0 Å². The zero-order valence-electron chi connectivity index (χ0n) is 9.57. The predicted molar refractivity (Wildman–Crippen MR) is 64.5 cm³/mol. The molecule has 2 rings (SSSR count). The molecule has 0 spiro atoms. The van der Waals surface area contributed by atoms with Crippen LogP contribution in [0.25, 0.3) is 0 Å². The summed E-state index contributed by atoms with van der Waals surface area (Å²) in [5, 5.41) is 19.5. The number of benzene rings is 1. The van der Waals surface area contributed by atoms with Crippen LogP contribution in [0.3, 0.4) is 0 Å². The summed E-state index contributed by atoms with van der Waals surface area (Å²) in [6.07, 6.45) is 0.360. The van der Waals surface area contributed by atoms with Crippen molar-refractivity contribution < 1.29 is 14.8 Å². The van der Waals surface area contributed by atoms with E-state index in [4.69, 9.17) is 10.8 Å². The number of non-ortho nitro benzene ring substituents is 1. The van der Waals surface area contributed by atoms with E-state index in [2.05, 4.69) is 0 Å². The highest BCUT2D eigenvalue weighted by Gasteiger charge is 2.41. The fourth-order valence-corrected chi connectivity index (χ4v) is 2.01. The molecule has 0 aliphatic carbocycles. The van der Waals surface area contributed by atoms with Crippen molar-refractivity contribution in [2.75, 3.05) is 18.0 Å². The van der Waals surface area contributed by atoms with E-state index in [0.717, 1.165) is 5.69 Å². The molecule has 1 atom stereocenters. The summed E-state index contributed by atoms with van der Waals surface area (Å²) in [6, 6.07) is 6.00. The second-order valence-corrected chi connectivity index (χ2v) is 4.41. The molecule has 0 aromatic heterocycles. The molecule has 1 heterocycles. The van der Waals surface area contributed by atoms with Crippen LogP contribution in [0.1, 0.15) is 6.42 Å². The Kier molecular flexibility index (Phi) is 2.92. The first-order valence-electron chi connectivity index (χ1n) is 5.44. The lowest BCUT2D eigenvalue weighted by molar-refractivity contribution is -0.384. The topological polar surface area (TPSA) is 110 Å². The molecule has 0 radical (unpaired) electrons. The Balaban J connectivity index is 2.15. The van der Waals surface area contributed by atoms with Gasteiger partial charge in [0.1, 0.15) is 5.54 Å². The number of carbonyl (C=O) groups is 1. The molecule has 7 nitrogen and oxygen atoms in total. The van der Waals surface area contributed by atoms with Crippen LogP contribution in [-0.2, 0) is 4.79 Å². The molecule has 1 unspecified atom stereocenters. The third-order valence-electron chi connectivity index (χ3n) is 3.15. The van der Waals surface area contributed by atoms with Crippen molar-refractivity contribution in [3.05, 3.63) is 34.4 Å². The number of nitro groups is 1. The molecule has 1 aromatic carbocycles. The van der Waals surface area contributed by atoms with Crippen LogP contribution in [0.15, 0.2) is 24.3 Å². The van der Waals surface area contributed by atoms with E-state index >= 15 is 0 Å². The highest BCUT2D eigenvalue weighted by molar-refractivity contribution is 5.80. The number of carboxylic acid groups (broad SMARTS) is 1. The molecule has 1 aliphatic heterocycles. The van der Waals surface area contributed by atoms with E-state index in [1.54, 1.807) is 12.1 Å². The zero-order valence-corrected chi connectivity index (χ0v) is 9.57. The highest BCUT2D eigenvalue weighted by Crippen LogP contribution is 2.26. The van der Waals surface area contributed by atoms with Crippen molar-refractivity contribution in [1.29, 1.82) is 0 Å². The summed E-state index contributed by atoms with van der Waals surface area (Å²) < 4.78 is 0.